The Morgan fingerprint density at radius 2 is 1.90 bits per heavy atom. The van der Waals surface area contributed by atoms with Crippen molar-refractivity contribution in [2.24, 2.45) is 0 Å². The van der Waals surface area contributed by atoms with Gasteiger partial charge in [-0.25, -0.2) is 0 Å². The first-order valence-corrected chi connectivity index (χ1v) is 8.41. The molecule has 0 aliphatic heterocycles. The average molecular weight is 305 g/mol. The molecular weight excluding hydrogens is 280 g/mol. The van der Waals surface area contributed by atoms with Crippen molar-refractivity contribution in [3.05, 3.63) is 23.7 Å². The van der Waals surface area contributed by atoms with Gasteiger partial charge >= 0.3 is 0 Å². The zero-order chi connectivity index (χ0) is 14.8. The third-order valence-electron chi connectivity index (χ3n) is 3.18. The Morgan fingerprint density at radius 3 is 2.55 bits per heavy atom. The van der Waals surface area contributed by atoms with Gasteiger partial charge in [-0.15, -0.1) is 0 Å². The maximum atomic E-state index is 12.1. The van der Waals surface area contributed by atoms with Crippen LogP contribution >= 0.6 is 11.8 Å². The minimum absolute atomic E-state index is 0.228. The Labute approximate surface area is 124 Å². The standard InChI is InChI=1S/C15H25F2NOS/c1-3-5-7-12(6-4-2)18-10-13-8-9-14(19-13)11-20-15(16)17/h8-9,12,15,18H,3-7,10-11H2,1-2H3. The van der Waals surface area contributed by atoms with Gasteiger partial charge < -0.3 is 9.73 Å². The quantitative estimate of drug-likeness (QED) is 0.609. The molecule has 2 nitrogen and oxygen atoms in total. The molecule has 1 aromatic heterocycles. The van der Waals surface area contributed by atoms with Gasteiger partial charge in [-0.2, -0.15) is 8.78 Å². The normalized spacial score (nSPS) is 13.1. The van der Waals surface area contributed by atoms with E-state index in [0.717, 1.165) is 18.6 Å². The first kappa shape index (κ1) is 17.5. The van der Waals surface area contributed by atoms with Gasteiger partial charge in [0, 0.05) is 6.04 Å². The number of hydrogen-bond acceptors (Lipinski definition) is 3. The third-order valence-corrected chi connectivity index (χ3v) is 3.88. The van der Waals surface area contributed by atoms with Crippen molar-refractivity contribution < 1.29 is 13.2 Å². The molecule has 0 aromatic carbocycles. The summed E-state index contributed by atoms with van der Waals surface area (Å²) in [5, 5.41) is 3.50. The summed E-state index contributed by atoms with van der Waals surface area (Å²) in [6.07, 6.45) is 5.94. The van der Waals surface area contributed by atoms with Crippen LogP contribution in [0.3, 0.4) is 0 Å². The summed E-state index contributed by atoms with van der Waals surface area (Å²) in [6.45, 7) is 5.06. The molecule has 1 N–H and O–H groups in total. The molecule has 1 atom stereocenters. The molecule has 1 rings (SSSR count). The lowest BCUT2D eigenvalue weighted by Gasteiger charge is -2.16. The number of thioether (sulfide) groups is 1. The van der Waals surface area contributed by atoms with Crippen molar-refractivity contribution in [3.8, 4) is 0 Å². The van der Waals surface area contributed by atoms with E-state index in [1.807, 2.05) is 6.07 Å². The van der Waals surface area contributed by atoms with Crippen LogP contribution in [0.15, 0.2) is 16.5 Å². The Bertz CT molecular complexity index is 357. The van der Waals surface area contributed by atoms with E-state index < -0.39 is 5.76 Å². The van der Waals surface area contributed by atoms with E-state index in [1.54, 1.807) is 6.07 Å². The molecule has 0 amide bonds. The van der Waals surface area contributed by atoms with Crippen LogP contribution in [0.2, 0.25) is 0 Å². The number of unbranched alkanes of at least 4 members (excludes halogenated alkanes) is 1. The maximum absolute atomic E-state index is 12.1. The molecule has 0 spiro atoms. The molecule has 0 fully saturated rings. The first-order chi connectivity index (χ1) is 9.65. The zero-order valence-corrected chi connectivity index (χ0v) is 13.1. The highest BCUT2D eigenvalue weighted by molar-refractivity contribution is 7.98. The van der Waals surface area contributed by atoms with Gasteiger partial charge in [-0.3, -0.25) is 0 Å². The largest absolute Gasteiger partial charge is 0.464 e. The van der Waals surface area contributed by atoms with Crippen LogP contribution < -0.4 is 5.32 Å². The highest BCUT2D eigenvalue weighted by Crippen LogP contribution is 2.21. The summed E-state index contributed by atoms with van der Waals surface area (Å²) in [4.78, 5) is 0. The van der Waals surface area contributed by atoms with E-state index in [4.69, 9.17) is 4.42 Å². The number of furan rings is 1. The highest BCUT2D eigenvalue weighted by atomic mass is 32.2. The predicted molar refractivity (Wildman–Crippen MR) is 81.1 cm³/mol. The lowest BCUT2D eigenvalue weighted by atomic mass is 10.1. The van der Waals surface area contributed by atoms with Crippen LogP contribution in [-0.4, -0.2) is 11.8 Å². The average Bonchev–Trinajstić information content (AvgIpc) is 2.87. The van der Waals surface area contributed by atoms with E-state index in [9.17, 15) is 8.78 Å². The second-order valence-corrected chi connectivity index (χ2v) is 5.93. The van der Waals surface area contributed by atoms with Crippen molar-refractivity contribution >= 4 is 11.8 Å². The second kappa shape index (κ2) is 10.2. The lowest BCUT2D eigenvalue weighted by Crippen LogP contribution is -2.28. The SMILES string of the molecule is CCCCC(CCC)NCc1ccc(CSC(F)F)o1. The van der Waals surface area contributed by atoms with Gasteiger partial charge in [0.05, 0.1) is 12.3 Å². The van der Waals surface area contributed by atoms with E-state index in [1.165, 1.54) is 19.3 Å². The lowest BCUT2D eigenvalue weighted by molar-refractivity contribution is 0.251. The number of alkyl halides is 2. The van der Waals surface area contributed by atoms with Crippen LogP contribution in [0.4, 0.5) is 8.78 Å². The highest BCUT2D eigenvalue weighted by Gasteiger charge is 2.10. The van der Waals surface area contributed by atoms with Crippen molar-refractivity contribution in [2.45, 2.75) is 70.0 Å². The summed E-state index contributed by atoms with van der Waals surface area (Å²) in [5.74, 6) is -0.670. The summed E-state index contributed by atoms with van der Waals surface area (Å²) in [5.41, 5.74) is 0. The van der Waals surface area contributed by atoms with Crippen molar-refractivity contribution in [3.63, 3.8) is 0 Å². The van der Waals surface area contributed by atoms with Gasteiger partial charge in [-0.1, -0.05) is 44.9 Å². The van der Waals surface area contributed by atoms with Crippen molar-refractivity contribution in [1.29, 1.82) is 0 Å². The number of halogens is 2. The smallest absolute Gasteiger partial charge is 0.284 e. The fourth-order valence-electron chi connectivity index (χ4n) is 2.13. The Kier molecular flexibility index (Phi) is 8.94. The van der Waals surface area contributed by atoms with Crippen LogP contribution in [0.1, 0.15) is 57.5 Å². The van der Waals surface area contributed by atoms with Gasteiger partial charge in [-0.05, 0) is 25.0 Å². The summed E-state index contributed by atoms with van der Waals surface area (Å²) in [6, 6.07) is 4.17. The van der Waals surface area contributed by atoms with E-state index in [-0.39, 0.29) is 5.75 Å². The van der Waals surface area contributed by atoms with Gasteiger partial charge in [0.1, 0.15) is 11.5 Å². The van der Waals surface area contributed by atoms with Gasteiger partial charge in [0.2, 0.25) is 0 Å². The fraction of sp³-hybridized carbons (Fsp3) is 0.733. The minimum atomic E-state index is -2.34. The Balaban J connectivity index is 2.35. The van der Waals surface area contributed by atoms with Crippen LogP contribution in [0.5, 0.6) is 0 Å². The van der Waals surface area contributed by atoms with Crippen molar-refractivity contribution in [2.75, 3.05) is 0 Å². The molecule has 0 radical (unpaired) electrons. The molecule has 1 unspecified atom stereocenters. The Morgan fingerprint density at radius 1 is 1.15 bits per heavy atom. The zero-order valence-electron chi connectivity index (χ0n) is 12.3. The summed E-state index contributed by atoms with van der Waals surface area (Å²) >= 11 is 0.594. The maximum Gasteiger partial charge on any atom is 0.284 e. The predicted octanol–water partition coefficient (Wildman–Crippen LogP) is 5.18. The molecule has 1 heterocycles. The number of hydrogen-bond donors (Lipinski definition) is 1. The number of nitrogens with one attached hydrogen (secondary N) is 1. The van der Waals surface area contributed by atoms with Crippen LogP contribution in [0, 0.1) is 0 Å². The molecule has 0 saturated carbocycles. The molecule has 0 aliphatic rings. The minimum Gasteiger partial charge on any atom is -0.464 e. The van der Waals surface area contributed by atoms with Gasteiger partial charge in [0.25, 0.3) is 5.76 Å². The fourth-order valence-corrected chi connectivity index (χ4v) is 2.58. The first-order valence-electron chi connectivity index (χ1n) is 7.36. The molecule has 0 aliphatic carbocycles. The molecular formula is C15H25F2NOS. The molecule has 5 heteroatoms. The monoisotopic (exact) mass is 305 g/mol. The van der Waals surface area contributed by atoms with E-state index in [2.05, 4.69) is 19.2 Å². The van der Waals surface area contributed by atoms with Gasteiger partial charge in [0.15, 0.2) is 0 Å². The van der Waals surface area contributed by atoms with E-state index in [0.29, 0.717) is 30.1 Å². The van der Waals surface area contributed by atoms with Crippen LogP contribution in [0.25, 0.3) is 0 Å². The third kappa shape index (κ3) is 7.29. The molecule has 20 heavy (non-hydrogen) atoms. The summed E-state index contributed by atoms with van der Waals surface area (Å²) < 4.78 is 29.7. The van der Waals surface area contributed by atoms with E-state index >= 15 is 0 Å². The molecule has 1 aromatic rings. The topological polar surface area (TPSA) is 25.2 Å². The van der Waals surface area contributed by atoms with Crippen LogP contribution in [-0.2, 0) is 12.3 Å². The molecule has 116 valence electrons. The Hall–Kier alpha value is -0.550. The van der Waals surface area contributed by atoms with Crippen molar-refractivity contribution in [1.82, 2.24) is 5.32 Å². The summed E-state index contributed by atoms with van der Waals surface area (Å²) in [7, 11) is 0. The number of rotatable bonds is 11. The molecule has 0 bridgehead atoms. The molecule has 0 saturated heterocycles. The second-order valence-electron chi connectivity index (χ2n) is 4.95.